The van der Waals surface area contributed by atoms with Crippen LogP contribution in [0.3, 0.4) is 0 Å². The van der Waals surface area contributed by atoms with Crippen molar-refractivity contribution in [3.63, 3.8) is 0 Å². The molecule has 0 amide bonds. The molecule has 0 saturated heterocycles. The number of aryl methyl sites for hydroxylation is 1. The molecule has 0 saturated carbocycles. The van der Waals surface area contributed by atoms with E-state index in [1.165, 1.54) is 30.3 Å². The van der Waals surface area contributed by atoms with Crippen molar-refractivity contribution in [1.82, 2.24) is 9.55 Å². The molecule has 0 fully saturated rings. The van der Waals surface area contributed by atoms with E-state index in [1.54, 1.807) is 0 Å². The molecule has 0 radical (unpaired) electrons. The SMILES string of the molecule is CCc1cnc(SCC(=O)O)n1C(C)CCCC(C)C. The number of thioether (sulfide) groups is 1. The fourth-order valence-electron chi connectivity index (χ4n) is 2.29. The molecule has 114 valence electrons. The van der Waals surface area contributed by atoms with Crippen molar-refractivity contribution in [2.75, 3.05) is 5.75 Å². The Morgan fingerprint density at radius 1 is 1.40 bits per heavy atom. The van der Waals surface area contributed by atoms with Crippen LogP contribution in [0.2, 0.25) is 0 Å². The highest BCUT2D eigenvalue weighted by Crippen LogP contribution is 2.26. The van der Waals surface area contributed by atoms with Gasteiger partial charge in [0.05, 0.1) is 5.75 Å². The summed E-state index contributed by atoms with van der Waals surface area (Å²) in [7, 11) is 0. The monoisotopic (exact) mass is 298 g/mol. The van der Waals surface area contributed by atoms with Gasteiger partial charge in [-0.1, -0.05) is 45.4 Å². The number of carboxylic acids is 1. The van der Waals surface area contributed by atoms with Gasteiger partial charge < -0.3 is 9.67 Å². The predicted molar refractivity (Wildman–Crippen MR) is 83.4 cm³/mol. The van der Waals surface area contributed by atoms with Gasteiger partial charge in [-0.05, 0) is 25.7 Å². The van der Waals surface area contributed by atoms with E-state index in [-0.39, 0.29) is 5.75 Å². The van der Waals surface area contributed by atoms with Crippen LogP contribution in [0.15, 0.2) is 11.4 Å². The molecule has 5 heteroatoms. The highest BCUT2D eigenvalue weighted by Gasteiger charge is 2.16. The zero-order valence-corrected chi connectivity index (χ0v) is 13.7. The zero-order chi connectivity index (χ0) is 15.1. The van der Waals surface area contributed by atoms with Gasteiger partial charge in [0.1, 0.15) is 0 Å². The number of aliphatic carboxylic acids is 1. The van der Waals surface area contributed by atoms with E-state index in [2.05, 4.69) is 37.2 Å². The molecule has 0 aliphatic heterocycles. The van der Waals surface area contributed by atoms with E-state index in [0.29, 0.717) is 6.04 Å². The van der Waals surface area contributed by atoms with Crippen LogP contribution in [0, 0.1) is 5.92 Å². The van der Waals surface area contributed by atoms with E-state index in [1.807, 2.05) is 6.20 Å². The summed E-state index contributed by atoms with van der Waals surface area (Å²) in [4.78, 5) is 15.1. The van der Waals surface area contributed by atoms with Gasteiger partial charge in [0, 0.05) is 17.9 Å². The number of aromatic nitrogens is 2. The highest BCUT2D eigenvalue weighted by molar-refractivity contribution is 7.99. The van der Waals surface area contributed by atoms with Gasteiger partial charge in [-0.3, -0.25) is 4.79 Å². The Balaban J connectivity index is 2.73. The van der Waals surface area contributed by atoms with Gasteiger partial charge in [-0.2, -0.15) is 0 Å². The van der Waals surface area contributed by atoms with Gasteiger partial charge in [0.2, 0.25) is 0 Å². The molecule has 0 aliphatic rings. The van der Waals surface area contributed by atoms with Crippen molar-refractivity contribution >= 4 is 17.7 Å². The van der Waals surface area contributed by atoms with Gasteiger partial charge in [-0.15, -0.1) is 0 Å². The Hall–Kier alpha value is -0.970. The molecule has 0 spiro atoms. The summed E-state index contributed by atoms with van der Waals surface area (Å²) in [5, 5.41) is 9.65. The molecule has 1 aromatic heterocycles. The van der Waals surface area contributed by atoms with Gasteiger partial charge >= 0.3 is 5.97 Å². The van der Waals surface area contributed by atoms with Crippen LogP contribution >= 0.6 is 11.8 Å². The molecule has 1 aromatic rings. The van der Waals surface area contributed by atoms with E-state index >= 15 is 0 Å². The molecule has 4 nitrogen and oxygen atoms in total. The standard InChI is InChI=1S/C15H26N2O2S/c1-5-13-9-16-15(20-10-14(18)19)17(13)12(4)8-6-7-11(2)3/h9,11-12H,5-8,10H2,1-4H3,(H,18,19). The zero-order valence-electron chi connectivity index (χ0n) is 12.9. The first kappa shape index (κ1) is 17.1. The molecule has 1 atom stereocenters. The summed E-state index contributed by atoms with van der Waals surface area (Å²) < 4.78 is 2.22. The third-order valence-corrected chi connectivity index (χ3v) is 4.32. The lowest BCUT2D eigenvalue weighted by atomic mass is 10.0. The summed E-state index contributed by atoms with van der Waals surface area (Å²) in [5.41, 5.74) is 1.19. The van der Waals surface area contributed by atoms with E-state index in [4.69, 9.17) is 5.11 Å². The number of rotatable bonds is 9. The van der Waals surface area contributed by atoms with Gasteiger partial charge in [-0.25, -0.2) is 4.98 Å². The molecule has 1 rings (SSSR count). The normalized spacial score (nSPS) is 12.8. The van der Waals surface area contributed by atoms with E-state index in [9.17, 15) is 4.79 Å². The van der Waals surface area contributed by atoms with Crippen LogP contribution in [0.1, 0.15) is 58.7 Å². The van der Waals surface area contributed by atoms with Gasteiger partial charge in [0.15, 0.2) is 5.16 Å². The van der Waals surface area contributed by atoms with Crippen LogP contribution in [-0.2, 0) is 11.2 Å². The van der Waals surface area contributed by atoms with Crippen LogP contribution < -0.4 is 0 Å². The molecule has 1 heterocycles. The lowest BCUT2D eigenvalue weighted by Gasteiger charge is -2.19. The smallest absolute Gasteiger partial charge is 0.313 e. The largest absolute Gasteiger partial charge is 0.481 e. The molecular formula is C15H26N2O2S. The molecule has 0 aromatic carbocycles. The molecule has 1 N–H and O–H groups in total. The predicted octanol–water partition coefficient (Wildman–Crippen LogP) is 4.01. The number of nitrogens with zero attached hydrogens (tertiary/aromatic N) is 2. The first-order valence-electron chi connectivity index (χ1n) is 7.36. The second-order valence-electron chi connectivity index (χ2n) is 5.61. The summed E-state index contributed by atoms with van der Waals surface area (Å²) in [6.45, 7) is 8.80. The Kier molecular flexibility index (Phi) is 7.13. The summed E-state index contributed by atoms with van der Waals surface area (Å²) in [6, 6.07) is 0.377. The lowest BCUT2D eigenvalue weighted by molar-refractivity contribution is -0.133. The summed E-state index contributed by atoms with van der Waals surface area (Å²) in [6.07, 6.45) is 6.35. The Bertz CT molecular complexity index is 430. The minimum absolute atomic E-state index is 0.0683. The van der Waals surface area contributed by atoms with Crippen LogP contribution in [0.5, 0.6) is 0 Å². The van der Waals surface area contributed by atoms with E-state index in [0.717, 1.165) is 23.9 Å². The minimum atomic E-state index is -0.796. The average Bonchev–Trinajstić information content (AvgIpc) is 2.78. The average molecular weight is 298 g/mol. The molecule has 0 bridgehead atoms. The molecule has 0 aliphatic carbocycles. The number of carbonyl (C=O) groups is 1. The number of carboxylic acid groups (broad SMARTS) is 1. The van der Waals surface area contributed by atoms with Crippen LogP contribution in [-0.4, -0.2) is 26.4 Å². The first-order chi connectivity index (χ1) is 9.45. The summed E-state index contributed by atoms with van der Waals surface area (Å²) in [5.74, 6) is 0.00495. The molecular weight excluding hydrogens is 272 g/mol. The van der Waals surface area contributed by atoms with Crippen LogP contribution in [0.25, 0.3) is 0 Å². The third kappa shape index (κ3) is 5.19. The Morgan fingerprint density at radius 2 is 2.10 bits per heavy atom. The third-order valence-electron chi connectivity index (χ3n) is 3.37. The van der Waals surface area contributed by atoms with Crippen molar-refractivity contribution in [2.45, 2.75) is 64.6 Å². The first-order valence-corrected chi connectivity index (χ1v) is 8.34. The second-order valence-corrected chi connectivity index (χ2v) is 6.55. The quantitative estimate of drug-likeness (QED) is 0.700. The van der Waals surface area contributed by atoms with Crippen molar-refractivity contribution in [2.24, 2.45) is 5.92 Å². The summed E-state index contributed by atoms with van der Waals surface area (Å²) >= 11 is 1.31. The minimum Gasteiger partial charge on any atom is -0.481 e. The van der Waals surface area contributed by atoms with Crippen LogP contribution in [0.4, 0.5) is 0 Å². The maximum atomic E-state index is 10.7. The maximum Gasteiger partial charge on any atom is 0.313 e. The van der Waals surface area contributed by atoms with Crippen molar-refractivity contribution < 1.29 is 9.90 Å². The number of imidazole rings is 1. The Labute approximate surface area is 126 Å². The lowest BCUT2D eigenvalue weighted by Crippen LogP contribution is -2.11. The number of hydrogen-bond donors (Lipinski definition) is 1. The van der Waals surface area contributed by atoms with E-state index < -0.39 is 5.97 Å². The fraction of sp³-hybridized carbons (Fsp3) is 0.733. The van der Waals surface area contributed by atoms with Crippen molar-refractivity contribution in [3.8, 4) is 0 Å². The maximum absolute atomic E-state index is 10.7. The molecule has 20 heavy (non-hydrogen) atoms. The topological polar surface area (TPSA) is 55.1 Å². The Morgan fingerprint density at radius 3 is 2.65 bits per heavy atom. The van der Waals surface area contributed by atoms with Crippen molar-refractivity contribution in [1.29, 1.82) is 0 Å². The highest BCUT2D eigenvalue weighted by atomic mass is 32.2. The van der Waals surface area contributed by atoms with Gasteiger partial charge in [0.25, 0.3) is 0 Å². The van der Waals surface area contributed by atoms with Crippen molar-refractivity contribution in [3.05, 3.63) is 11.9 Å². The fourth-order valence-corrected chi connectivity index (χ4v) is 3.11. The number of hydrogen-bond acceptors (Lipinski definition) is 3. The molecule has 1 unspecified atom stereocenters. The second kappa shape index (κ2) is 8.35.